The smallest absolute Gasteiger partial charge is 0.195 e. The molecule has 0 spiro atoms. The molecule has 0 aliphatic carbocycles. The van der Waals surface area contributed by atoms with Crippen molar-refractivity contribution < 1.29 is 0 Å². The highest BCUT2D eigenvalue weighted by molar-refractivity contribution is 7.99. The van der Waals surface area contributed by atoms with E-state index in [1.807, 2.05) is 11.8 Å². The van der Waals surface area contributed by atoms with Gasteiger partial charge in [-0.1, -0.05) is 6.92 Å². The lowest BCUT2D eigenvalue weighted by atomic mass is 10.2. The SMILES string of the molecule is CCCc1n[nH]c(=S)n1CC(C)(C)SC. The van der Waals surface area contributed by atoms with Crippen LogP contribution in [0.2, 0.25) is 0 Å². The minimum Gasteiger partial charge on any atom is -0.303 e. The van der Waals surface area contributed by atoms with Gasteiger partial charge in [-0.15, -0.1) is 0 Å². The first-order valence-electron chi connectivity index (χ1n) is 5.19. The standard InChI is InChI=1S/C10H19N3S2/c1-5-6-8-11-12-9(14)13(8)7-10(2,3)15-4/h5-7H2,1-4H3,(H,12,14). The number of nitrogens with one attached hydrogen (secondary N) is 1. The zero-order valence-corrected chi connectivity index (χ0v) is 11.5. The predicted octanol–water partition coefficient (Wildman–Crippen LogP) is 3.03. The third-order valence-corrected chi connectivity index (χ3v) is 3.95. The number of aryl methyl sites for hydroxylation is 1. The summed E-state index contributed by atoms with van der Waals surface area (Å²) in [6.07, 6.45) is 4.21. The van der Waals surface area contributed by atoms with Crippen molar-refractivity contribution in [2.24, 2.45) is 0 Å². The molecule has 0 fully saturated rings. The van der Waals surface area contributed by atoms with Crippen LogP contribution in [0.5, 0.6) is 0 Å². The Morgan fingerprint density at radius 3 is 2.73 bits per heavy atom. The van der Waals surface area contributed by atoms with Crippen LogP contribution in [0, 0.1) is 4.77 Å². The maximum absolute atomic E-state index is 5.24. The number of H-pyrrole nitrogens is 1. The molecule has 0 amide bonds. The first-order chi connectivity index (χ1) is 7.00. The Balaban J connectivity index is 2.92. The van der Waals surface area contributed by atoms with Gasteiger partial charge in [0.15, 0.2) is 4.77 Å². The zero-order valence-electron chi connectivity index (χ0n) is 9.83. The number of thioether (sulfide) groups is 1. The van der Waals surface area contributed by atoms with Crippen molar-refractivity contribution in [2.75, 3.05) is 6.26 Å². The van der Waals surface area contributed by atoms with Crippen LogP contribution in [-0.4, -0.2) is 25.8 Å². The highest BCUT2D eigenvalue weighted by atomic mass is 32.2. The van der Waals surface area contributed by atoms with Gasteiger partial charge in [-0.2, -0.15) is 16.9 Å². The van der Waals surface area contributed by atoms with Gasteiger partial charge in [-0.05, 0) is 38.7 Å². The second-order valence-electron chi connectivity index (χ2n) is 4.24. The molecular weight excluding hydrogens is 226 g/mol. The number of aromatic amines is 1. The molecule has 0 aliphatic rings. The topological polar surface area (TPSA) is 33.6 Å². The van der Waals surface area contributed by atoms with Crippen LogP contribution >= 0.6 is 24.0 Å². The van der Waals surface area contributed by atoms with Crippen LogP contribution in [0.25, 0.3) is 0 Å². The van der Waals surface area contributed by atoms with Crippen LogP contribution in [0.4, 0.5) is 0 Å². The summed E-state index contributed by atoms with van der Waals surface area (Å²) in [6.45, 7) is 7.52. The molecule has 0 unspecified atom stereocenters. The van der Waals surface area contributed by atoms with E-state index in [1.165, 1.54) is 0 Å². The number of hydrogen-bond donors (Lipinski definition) is 1. The summed E-state index contributed by atoms with van der Waals surface area (Å²) in [5.74, 6) is 1.07. The number of hydrogen-bond acceptors (Lipinski definition) is 3. The van der Waals surface area contributed by atoms with E-state index in [0.717, 1.165) is 30.0 Å². The minimum absolute atomic E-state index is 0.199. The molecule has 1 rings (SSSR count). The fraction of sp³-hybridized carbons (Fsp3) is 0.800. The van der Waals surface area contributed by atoms with Crippen molar-refractivity contribution in [3.63, 3.8) is 0 Å². The summed E-state index contributed by atoms with van der Waals surface area (Å²) >= 11 is 7.09. The normalized spacial score (nSPS) is 12.0. The van der Waals surface area contributed by atoms with Crippen LogP contribution in [0.1, 0.15) is 33.0 Å². The Morgan fingerprint density at radius 1 is 1.53 bits per heavy atom. The summed E-state index contributed by atoms with van der Waals surface area (Å²) < 4.78 is 3.06. The molecule has 0 bridgehead atoms. The Bertz CT molecular complexity index is 365. The van der Waals surface area contributed by atoms with Gasteiger partial charge in [0.05, 0.1) is 0 Å². The first kappa shape index (κ1) is 12.8. The maximum atomic E-state index is 5.24. The number of aromatic nitrogens is 3. The molecule has 0 aromatic carbocycles. The van der Waals surface area contributed by atoms with Crippen molar-refractivity contribution in [3.05, 3.63) is 10.6 Å². The number of nitrogens with zero attached hydrogens (tertiary/aromatic N) is 2. The second kappa shape index (κ2) is 5.16. The summed E-state index contributed by atoms with van der Waals surface area (Å²) in [5.41, 5.74) is 0. The summed E-state index contributed by atoms with van der Waals surface area (Å²) in [4.78, 5) is 0. The highest BCUT2D eigenvalue weighted by Gasteiger charge is 2.19. The maximum Gasteiger partial charge on any atom is 0.195 e. The Hall–Kier alpha value is -0.290. The summed E-state index contributed by atoms with van der Waals surface area (Å²) in [7, 11) is 0. The lowest BCUT2D eigenvalue weighted by molar-refractivity contribution is 0.540. The minimum atomic E-state index is 0.199. The van der Waals surface area contributed by atoms with Gasteiger partial charge in [-0.25, -0.2) is 0 Å². The fourth-order valence-corrected chi connectivity index (χ4v) is 1.85. The van der Waals surface area contributed by atoms with E-state index in [0.29, 0.717) is 0 Å². The van der Waals surface area contributed by atoms with Gasteiger partial charge in [0.2, 0.25) is 0 Å². The first-order valence-corrected chi connectivity index (χ1v) is 6.82. The summed E-state index contributed by atoms with van der Waals surface area (Å²) in [6, 6.07) is 0. The van der Waals surface area contributed by atoms with Gasteiger partial charge in [-0.3, -0.25) is 5.10 Å². The lowest BCUT2D eigenvalue weighted by Gasteiger charge is -2.23. The number of rotatable bonds is 5. The van der Waals surface area contributed by atoms with E-state index in [2.05, 4.69) is 41.8 Å². The average Bonchev–Trinajstić information content (AvgIpc) is 2.50. The second-order valence-corrected chi connectivity index (χ2v) is 6.15. The Morgan fingerprint density at radius 2 is 2.20 bits per heavy atom. The third-order valence-electron chi connectivity index (χ3n) is 2.40. The predicted molar refractivity (Wildman–Crippen MR) is 69.0 cm³/mol. The van der Waals surface area contributed by atoms with E-state index in [-0.39, 0.29) is 4.75 Å². The monoisotopic (exact) mass is 245 g/mol. The Kier molecular flexibility index (Phi) is 4.40. The van der Waals surface area contributed by atoms with Gasteiger partial charge < -0.3 is 4.57 Å². The molecular formula is C10H19N3S2. The van der Waals surface area contributed by atoms with Crippen LogP contribution in [0.3, 0.4) is 0 Å². The molecule has 86 valence electrons. The highest BCUT2D eigenvalue weighted by Crippen LogP contribution is 2.24. The molecule has 0 saturated heterocycles. The van der Waals surface area contributed by atoms with E-state index >= 15 is 0 Å². The molecule has 15 heavy (non-hydrogen) atoms. The average molecular weight is 245 g/mol. The van der Waals surface area contributed by atoms with Crippen molar-refractivity contribution in [1.82, 2.24) is 14.8 Å². The molecule has 0 aliphatic heterocycles. The lowest BCUT2D eigenvalue weighted by Crippen LogP contribution is -2.23. The van der Waals surface area contributed by atoms with Crippen LogP contribution < -0.4 is 0 Å². The molecule has 1 aromatic rings. The van der Waals surface area contributed by atoms with E-state index in [1.54, 1.807) is 0 Å². The molecule has 3 nitrogen and oxygen atoms in total. The molecule has 1 heterocycles. The molecule has 0 radical (unpaired) electrons. The quantitative estimate of drug-likeness (QED) is 0.810. The molecule has 1 N–H and O–H groups in total. The van der Waals surface area contributed by atoms with Gasteiger partial charge >= 0.3 is 0 Å². The van der Waals surface area contributed by atoms with Gasteiger partial charge in [0.25, 0.3) is 0 Å². The zero-order chi connectivity index (χ0) is 11.5. The van der Waals surface area contributed by atoms with E-state index in [9.17, 15) is 0 Å². The van der Waals surface area contributed by atoms with Crippen molar-refractivity contribution in [3.8, 4) is 0 Å². The summed E-state index contributed by atoms with van der Waals surface area (Å²) in [5, 5.41) is 7.14. The molecule has 0 saturated carbocycles. The van der Waals surface area contributed by atoms with Gasteiger partial charge in [0.1, 0.15) is 5.82 Å². The van der Waals surface area contributed by atoms with Crippen molar-refractivity contribution >= 4 is 24.0 Å². The van der Waals surface area contributed by atoms with Crippen molar-refractivity contribution in [2.45, 2.75) is 44.9 Å². The van der Waals surface area contributed by atoms with Crippen molar-refractivity contribution in [1.29, 1.82) is 0 Å². The molecule has 1 aromatic heterocycles. The van der Waals surface area contributed by atoms with Gasteiger partial charge in [0, 0.05) is 17.7 Å². The fourth-order valence-electron chi connectivity index (χ4n) is 1.37. The van der Waals surface area contributed by atoms with E-state index in [4.69, 9.17) is 12.2 Å². The van der Waals surface area contributed by atoms with Crippen LogP contribution in [-0.2, 0) is 13.0 Å². The third kappa shape index (κ3) is 3.34. The largest absolute Gasteiger partial charge is 0.303 e. The molecule has 0 atom stereocenters. The Labute approximate surface area is 101 Å². The molecule has 5 heteroatoms. The van der Waals surface area contributed by atoms with Crippen LogP contribution in [0.15, 0.2) is 0 Å². The van der Waals surface area contributed by atoms with E-state index < -0.39 is 0 Å².